The first kappa shape index (κ1) is 21.4. The zero-order valence-corrected chi connectivity index (χ0v) is 18.2. The molecule has 8 nitrogen and oxygen atoms in total. The van der Waals surface area contributed by atoms with Gasteiger partial charge < -0.3 is 20.3 Å². The molecule has 0 amide bonds. The molecular formula is C18H28IN7O. The van der Waals surface area contributed by atoms with Crippen molar-refractivity contribution in [1.29, 1.82) is 0 Å². The number of morpholine rings is 1. The zero-order chi connectivity index (χ0) is 18.2. The predicted molar refractivity (Wildman–Crippen MR) is 118 cm³/mol. The van der Waals surface area contributed by atoms with E-state index in [2.05, 4.69) is 56.8 Å². The fourth-order valence-electron chi connectivity index (χ4n) is 2.91. The molecule has 1 saturated heterocycles. The van der Waals surface area contributed by atoms with Gasteiger partial charge in [0.25, 0.3) is 0 Å². The summed E-state index contributed by atoms with van der Waals surface area (Å²) >= 11 is 0. The fraction of sp³-hybridized carbons (Fsp3) is 0.500. The quantitative estimate of drug-likeness (QED) is 0.367. The lowest BCUT2D eigenvalue weighted by molar-refractivity contribution is 0.122. The number of aliphatic imine (C=N–C) groups is 1. The van der Waals surface area contributed by atoms with Gasteiger partial charge in [-0.2, -0.15) is 5.10 Å². The van der Waals surface area contributed by atoms with Gasteiger partial charge in [0.1, 0.15) is 12.2 Å². The van der Waals surface area contributed by atoms with Crippen molar-refractivity contribution >= 4 is 35.6 Å². The zero-order valence-electron chi connectivity index (χ0n) is 15.9. The molecule has 2 heterocycles. The summed E-state index contributed by atoms with van der Waals surface area (Å²) in [4.78, 5) is 11.3. The lowest BCUT2D eigenvalue weighted by atomic mass is 10.1. The van der Waals surface area contributed by atoms with Gasteiger partial charge in [0.05, 0.1) is 26.3 Å². The van der Waals surface area contributed by atoms with Crippen LogP contribution in [0.25, 0.3) is 0 Å². The molecular weight excluding hydrogens is 457 g/mol. The summed E-state index contributed by atoms with van der Waals surface area (Å²) in [6, 6.07) is 8.45. The van der Waals surface area contributed by atoms with Crippen molar-refractivity contribution in [2.24, 2.45) is 12.0 Å². The molecule has 3 rings (SSSR count). The average molecular weight is 485 g/mol. The number of aryl methyl sites for hydroxylation is 1. The number of aromatic nitrogens is 3. The largest absolute Gasteiger partial charge is 0.378 e. The van der Waals surface area contributed by atoms with Crippen molar-refractivity contribution in [1.82, 2.24) is 25.4 Å². The summed E-state index contributed by atoms with van der Waals surface area (Å²) in [5.74, 6) is 1.64. The third kappa shape index (κ3) is 6.06. The van der Waals surface area contributed by atoms with E-state index in [-0.39, 0.29) is 24.0 Å². The van der Waals surface area contributed by atoms with Gasteiger partial charge in [-0.25, -0.2) is 9.98 Å². The van der Waals surface area contributed by atoms with Crippen LogP contribution in [0.5, 0.6) is 0 Å². The molecule has 1 aromatic carbocycles. The van der Waals surface area contributed by atoms with Gasteiger partial charge in [0.15, 0.2) is 5.96 Å². The number of halogens is 1. The number of para-hydroxylation sites is 1. The summed E-state index contributed by atoms with van der Waals surface area (Å²) in [6.07, 6.45) is 1.56. The van der Waals surface area contributed by atoms with Crippen LogP contribution in [0.15, 0.2) is 35.6 Å². The fourth-order valence-corrected chi connectivity index (χ4v) is 2.91. The van der Waals surface area contributed by atoms with Gasteiger partial charge in [-0.3, -0.25) is 4.68 Å². The molecule has 0 atom stereocenters. The molecule has 1 aliphatic rings. The number of hydrogen-bond acceptors (Lipinski definition) is 5. The highest BCUT2D eigenvalue weighted by Crippen LogP contribution is 2.22. The first-order valence-electron chi connectivity index (χ1n) is 9.03. The number of hydrogen-bond donors (Lipinski definition) is 2. The second-order valence-electron chi connectivity index (χ2n) is 6.08. The average Bonchev–Trinajstić information content (AvgIpc) is 3.10. The molecule has 2 N–H and O–H groups in total. The smallest absolute Gasteiger partial charge is 0.191 e. The number of nitrogens with zero attached hydrogens (tertiary/aromatic N) is 5. The lowest BCUT2D eigenvalue weighted by Gasteiger charge is -2.30. The Hall–Kier alpha value is -1.88. The number of benzene rings is 1. The minimum atomic E-state index is 0. The Balaban J connectivity index is 0.00000261. The van der Waals surface area contributed by atoms with Crippen molar-refractivity contribution in [2.45, 2.75) is 20.0 Å². The third-order valence-electron chi connectivity index (χ3n) is 4.31. The Kier molecular flexibility index (Phi) is 8.79. The monoisotopic (exact) mass is 485 g/mol. The van der Waals surface area contributed by atoms with Crippen molar-refractivity contribution in [3.05, 3.63) is 42.0 Å². The first-order valence-corrected chi connectivity index (χ1v) is 9.03. The van der Waals surface area contributed by atoms with Crippen LogP contribution in [-0.4, -0.2) is 53.6 Å². The van der Waals surface area contributed by atoms with Crippen molar-refractivity contribution in [3.63, 3.8) is 0 Å². The lowest BCUT2D eigenvalue weighted by Crippen LogP contribution is -2.38. The Bertz CT molecular complexity index is 728. The summed E-state index contributed by atoms with van der Waals surface area (Å²) < 4.78 is 7.22. The maximum absolute atomic E-state index is 5.47. The molecule has 0 bridgehead atoms. The Morgan fingerprint density at radius 1 is 1.22 bits per heavy atom. The predicted octanol–water partition coefficient (Wildman–Crippen LogP) is 1.52. The number of nitrogens with one attached hydrogen (secondary N) is 2. The molecule has 2 aromatic rings. The molecule has 0 radical (unpaired) electrons. The molecule has 1 fully saturated rings. The van der Waals surface area contributed by atoms with E-state index in [0.29, 0.717) is 13.1 Å². The van der Waals surface area contributed by atoms with Gasteiger partial charge in [-0.05, 0) is 18.6 Å². The van der Waals surface area contributed by atoms with Crippen molar-refractivity contribution in [3.8, 4) is 0 Å². The van der Waals surface area contributed by atoms with Gasteiger partial charge in [-0.1, -0.05) is 18.2 Å². The molecule has 9 heteroatoms. The van der Waals surface area contributed by atoms with Crippen molar-refractivity contribution in [2.75, 3.05) is 37.7 Å². The number of guanidine groups is 1. The third-order valence-corrected chi connectivity index (χ3v) is 4.31. The first-order chi connectivity index (χ1) is 12.8. The van der Waals surface area contributed by atoms with E-state index in [1.165, 1.54) is 11.3 Å². The van der Waals surface area contributed by atoms with Crippen LogP contribution >= 0.6 is 24.0 Å². The van der Waals surface area contributed by atoms with E-state index < -0.39 is 0 Å². The minimum Gasteiger partial charge on any atom is -0.378 e. The van der Waals surface area contributed by atoms with E-state index >= 15 is 0 Å². The summed E-state index contributed by atoms with van der Waals surface area (Å²) in [7, 11) is 1.88. The van der Waals surface area contributed by atoms with Crippen LogP contribution in [-0.2, 0) is 24.9 Å². The number of rotatable bonds is 6. The topological polar surface area (TPSA) is 79.6 Å². The van der Waals surface area contributed by atoms with Crippen LogP contribution in [0.3, 0.4) is 0 Å². The summed E-state index contributed by atoms with van der Waals surface area (Å²) in [5, 5.41) is 10.7. The van der Waals surface area contributed by atoms with Gasteiger partial charge in [0.2, 0.25) is 0 Å². The highest BCUT2D eigenvalue weighted by molar-refractivity contribution is 14.0. The summed E-state index contributed by atoms with van der Waals surface area (Å²) in [6.45, 7) is 7.45. The van der Waals surface area contributed by atoms with Crippen LogP contribution < -0.4 is 15.5 Å². The van der Waals surface area contributed by atoms with Crippen LogP contribution in [0, 0.1) is 0 Å². The van der Waals surface area contributed by atoms with E-state index in [1.54, 1.807) is 11.0 Å². The maximum Gasteiger partial charge on any atom is 0.191 e. The molecule has 148 valence electrons. The van der Waals surface area contributed by atoms with E-state index in [0.717, 1.165) is 44.6 Å². The molecule has 0 aliphatic carbocycles. The van der Waals surface area contributed by atoms with Crippen molar-refractivity contribution < 1.29 is 4.74 Å². The number of ether oxygens (including phenoxy) is 1. The molecule has 1 aliphatic heterocycles. The second-order valence-corrected chi connectivity index (χ2v) is 6.08. The Labute approximate surface area is 177 Å². The van der Waals surface area contributed by atoms with E-state index in [9.17, 15) is 0 Å². The minimum absolute atomic E-state index is 0. The van der Waals surface area contributed by atoms with Gasteiger partial charge in [0, 0.05) is 32.4 Å². The maximum atomic E-state index is 5.47. The van der Waals surface area contributed by atoms with Crippen LogP contribution in [0.4, 0.5) is 5.69 Å². The van der Waals surface area contributed by atoms with Gasteiger partial charge >= 0.3 is 0 Å². The molecule has 0 spiro atoms. The van der Waals surface area contributed by atoms with Crippen LogP contribution in [0.2, 0.25) is 0 Å². The summed E-state index contributed by atoms with van der Waals surface area (Å²) in [5.41, 5.74) is 2.45. The van der Waals surface area contributed by atoms with Crippen LogP contribution in [0.1, 0.15) is 18.3 Å². The van der Waals surface area contributed by atoms with E-state index in [1.807, 2.05) is 7.05 Å². The Morgan fingerprint density at radius 3 is 2.70 bits per heavy atom. The molecule has 0 unspecified atom stereocenters. The highest BCUT2D eigenvalue weighted by atomic mass is 127. The normalized spacial score (nSPS) is 14.6. The Morgan fingerprint density at radius 2 is 2.00 bits per heavy atom. The molecule has 1 aromatic heterocycles. The molecule has 27 heavy (non-hydrogen) atoms. The highest BCUT2D eigenvalue weighted by Gasteiger charge is 2.14. The van der Waals surface area contributed by atoms with E-state index in [4.69, 9.17) is 9.73 Å². The van der Waals surface area contributed by atoms with Gasteiger partial charge in [-0.15, -0.1) is 24.0 Å². The second kappa shape index (κ2) is 11.1. The standard InChI is InChI=1S/C18H27N7O.HI/c1-3-19-18(21-13-17-22-14-23-24(17)2)20-12-15-6-4-5-7-16(15)25-8-10-26-11-9-25;/h4-7,14H,3,8-13H2,1-2H3,(H2,19,20,21);1H. The number of anilines is 1. The molecule has 0 saturated carbocycles. The SMILES string of the molecule is CCNC(=NCc1ccccc1N1CCOCC1)NCc1ncnn1C.I.